The second-order valence-corrected chi connectivity index (χ2v) is 9.83. The van der Waals surface area contributed by atoms with Crippen LogP contribution < -0.4 is 4.74 Å². The number of halogens is 3. The Morgan fingerprint density at radius 1 is 0.971 bits per heavy atom. The standard InChI is InChI=1S/C27H24Cl2FNO3/c1-31-20-7-3-9-22(32)25(20)24(26-21(31)8-4-10-23(26)33)18-12-16(28)13-19(29)27(18)34-14-15-5-2-6-17(30)11-15/h2,5-6,11-13,24H,3-4,7-10,14H2,1H3. The van der Waals surface area contributed by atoms with Crippen molar-refractivity contribution in [2.24, 2.45) is 0 Å². The first-order valence-corrected chi connectivity index (χ1v) is 12.2. The third kappa shape index (κ3) is 4.05. The average Bonchev–Trinajstić information content (AvgIpc) is 2.79. The molecule has 0 saturated carbocycles. The van der Waals surface area contributed by atoms with E-state index in [0.717, 1.165) is 37.1 Å². The normalized spacial score (nSPS) is 18.9. The van der Waals surface area contributed by atoms with Crippen molar-refractivity contribution in [3.63, 3.8) is 0 Å². The molecule has 0 bridgehead atoms. The minimum Gasteiger partial charge on any atom is -0.487 e. The molecule has 0 radical (unpaired) electrons. The lowest BCUT2D eigenvalue weighted by Crippen LogP contribution is -2.37. The molecule has 0 N–H and O–H groups in total. The van der Waals surface area contributed by atoms with E-state index in [0.29, 0.717) is 45.9 Å². The van der Waals surface area contributed by atoms with Crippen LogP contribution in [0.1, 0.15) is 55.6 Å². The summed E-state index contributed by atoms with van der Waals surface area (Å²) in [6.07, 6.45) is 3.98. The molecule has 2 aromatic rings. The number of rotatable bonds is 4. The van der Waals surface area contributed by atoms with Gasteiger partial charge in [0.2, 0.25) is 0 Å². The van der Waals surface area contributed by atoms with Crippen LogP contribution in [0.4, 0.5) is 4.39 Å². The van der Waals surface area contributed by atoms with Crippen LogP contribution in [0.25, 0.3) is 0 Å². The van der Waals surface area contributed by atoms with Gasteiger partial charge in [-0.2, -0.15) is 0 Å². The van der Waals surface area contributed by atoms with E-state index in [1.807, 2.05) is 7.05 Å². The Morgan fingerprint density at radius 3 is 2.24 bits per heavy atom. The van der Waals surface area contributed by atoms with Crippen molar-refractivity contribution in [1.29, 1.82) is 0 Å². The predicted octanol–water partition coefficient (Wildman–Crippen LogP) is 6.75. The van der Waals surface area contributed by atoms with Gasteiger partial charge in [-0.3, -0.25) is 9.59 Å². The smallest absolute Gasteiger partial charge is 0.161 e. The number of ketones is 2. The molecule has 0 saturated heterocycles. The van der Waals surface area contributed by atoms with Gasteiger partial charge >= 0.3 is 0 Å². The Kier molecular flexibility index (Phi) is 6.26. The Labute approximate surface area is 208 Å². The maximum absolute atomic E-state index is 13.7. The topological polar surface area (TPSA) is 46.6 Å². The zero-order chi connectivity index (χ0) is 24.0. The zero-order valence-electron chi connectivity index (χ0n) is 18.8. The predicted molar refractivity (Wildman–Crippen MR) is 129 cm³/mol. The molecule has 1 aliphatic heterocycles. The Morgan fingerprint density at radius 2 is 1.62 bits per heavy atom. The molecule has 0 unspecified atom stereocenters. The summed E-state index contributed by atoms with van der Waals surface area (Å²) in [5.41, 5.74) is 4.44. The molecule has 34 heavy (non-hydrogen) atoms. The summed E-state index contributed by atoms with van der Waals surface area (Å²) in [6, 6.07) is 9.47. The summed E-state index contributed by atoms with van der Waals surface area (Å²) >= 11 is 13.0. The first kappa shape index (κ1) is 23.1. The Bertz CT molecular complexity index is 1220. The fourth-order valence-electron chi connectivity index (χ4n) is 5.39. The number of carbonyl (C=O) groups excluding carboxylic acids is 2. The van der Waals surface area contributed by atoms with Gasteiger partial charge in [0.25, 0.3) is 0 Å². The third-order valence-electron chi connectivity index (χ3n) is 6.86. The highest BCUT2D eigenvalue weighted by Gasteiger charge is 2.43. The fourth-order valence-corrected chi connectivity index (χ4v) is 5.96. The molecule has 2 aromatic carbocycles. The number of allylic oxidation sites excluding steroid dienone is 4. The molecule has 1 heterocycles. The molecule has 0 atom stereocenters. The van der Waals surface area contributed by atoms with Crippen LogP contribution >= 0.6 is 23.2 Å². The average molecular weight is 500 g/mol. The molecule has 4 nitrogen and oxygen atoms in total. The van der Waals surface area contributed by atoms with E-state index < -0.39 is 5.92 Å². The van der Waals surface area contributed by atoms with Crippen LogP contribution in [-0.4, -0.2) is 23.5 Å². The summed E-state index contributed by atoms with van der Waals surface area (Å²) < 4.78 is 19.8. The van der Waals surface area contributed by atoms with Gasteiger partial charge in [-0.15, -0.1) is 0 Å². The number of ether oxygens (including phenoxy) is 1. The van der Waals surface area contributed by atoms with Crippen molar-refractivity contribution in [2.45, 2.75) is 51.0 Å². The largest absolute Gasteiger partial charge is 0.487 e. The van der Waals surface area contributed by atoms with Crippen LogP contribution in [0.2, 0.25) is 10.0 Å². The minimum atomic E-state index is -0.583. The van der Waals surface area contributed by atoms with Crippen LogP contribution in [-0.2, 0) is 16.2 Å². The summed E-state index contributed by atoms with van der Waals surface area (Å²) in [5, 5.41) is 0.682. The van der Waals surface area contributed by atoms with Crippen molar-refractivity contribution < 1.29 is 18.7 Å². The molecule has 2 aliphatic carbocycles. The number of nitrogens with zero attached hydrogens (tertiary/aromatic N) is 1. The van der Waals surface area contributed by atoms with E-state index in [-0.39, 0.29) is 29.0 Å². The lowest BCUT2D eigenvalue weighted by molar-refractivity contribution is -0.117. The SMILES string of the molecule is CN1C2=C(C(=O)CCC2)C(c2cc(Cl)cc(Cl)c2OCc2cccc(F)c2)C2=C1CCCC2=O. The van der Waals surface area contributed by atoms with Crippen LogP contribution in [0.3, 0.4) is 0 Å². The lowest BCUT2D eigenvalue weighted by atomic mass is 9.71. The molecular weight excluding hydrogens is 476 g/mol. The van der Waals surface area contributed by atoms with Gasteiger partial charge in [0.05, 0.1) is 5.02 Å². The van der Waals surface area contributed by atoms with Crippen LogP contribution in [0.5, 0.6) is 5.75 Å². The molecule has 0 amide bonds. The maximum Gasteiger partial charge on any atom is 0.161 e. The zero-order valence-corrected chi connectivity index (χ0v) is 20.3. The van der Waals surface area contributed by atoms with Crippen molar-refractivity contribution in [2.75, 3.05) is 7.05 Å². The summed E-state index contributed by atoms with van der Waals surface area (Å²) in [4.78, 5) is 28.6. The quantitative estimate of drug-likeness (QED) is 0.466. The number of hydrogen-bond acceptors (Lipinski definition) is 4. The van der Waals surface area contributed by atoms with Gasteiger partial charge < -0.3 is 9.64 Å². The fraction of sp³-hybridized carbons (Fsp3) is 0.333. The summed E-state index contributed by atoms with van der Waals surface area (Å²) in [7, 11) is 1.95. The van der Waals surface area contributed by atoms with Gasteiger partial charge in [-0.1, -0.05) is 35.3 Å². The molecule has 0 spiro atoms. The van der Waals surface area contributed by atoms with E-state index in [1.54, 1.807) is 24.3 Å². The van der Waals surface area contributed by atoms with Gasteiger partial charge in [-0.05, 0) is 55.5 Å². The van der Waals surface area contributed by atoms with Gasteiger partial charge in [0.1, 0.15) is 18.2 Å². The summed E-state index contributed by atoms with van der Waals surface area (Å²) in [6.45, 7) is 0.0818. The number of hydrogen-bond donors (Lipinski definition) is 0. The lowest BCUT2D eigenvalue weighted by Gasteiger charge is -2.42. The van der Waals surface area contributed by atoms with E-state index in [2.05, 4.69) is 4.90 Å². The Balaban J connectivity index is 1.67. The summed E-state index contributed by atoms with van der Waals surface area (Å²) in [5.74, 6) is -0.504. The molecule has 0 aromatic heterocycles. The highest BCUT2D eigenvalue weighted by atomic mass is 35.5. The Hall–Kier alpha value is -2.63. The maximum atomic E-state index is 13.7. The van der Waals surface area contributed by atoms with E-state index in [1.165, 1.54) is 12.1 Å². The van der Waals surface area contributed by atoms with Gasteiger partial charge in [0.15, 0.2) is 11.6 Å². The van der Waals surface area contributed by atoms with Crippen LogP contribution in [0.15, 0.2) is 58.9 Å². The number of benzene rings is 2. The van der Waals surface area contributed by atoms with Gasteiger partial charge in [0, 0.05) is 58.9 Å². The van der Waals surface area contributed by atoms with Crippen molar-refractivity contribution in [1.82, 2.24) is 4.90 Å². The van der Waals surface area contributed by atoms with Crippen LogP contribution in [0, 0.1) is 5.82 Å². The second kappa shape index (κ2) is 9.20. The first-order valence-electron chi connectivity index (χ1n) is 11.5. The highest BCUT2D eigenvalue weighted by molar-refractivity contribution is 6.35. The monoisotopic (exact) mass is 499 g/mol. The van der Waals surface area contributed by atoms with E-state index in [4.69, 9.17) is 27.9 Å². The van der Waals surface area contributed by atoms with E-state index in [9.17, 15) is 14.0 Å². The third-order valence-corrected chi connectivity index (χ3v) is 7.36. The molecule has 5 rings (SSSR count). The minimum absolute atomic E-state index is 0.0372. The molecule has 176 valence electrons. The second-order valence-electron chi connectivity index (χ2n) is 8.99. The van der Waals surface area contributed by atoms with Crippen molar-refractivity contribution in [3.05, 3.63) is 85.9 Å². The molecule has 7 heteroatoms. The number of Topliss-reactive ketones (excluding diaryl/α,β-unsaturated/α-hetero) is 2. The van der Waals surface area contributed by atoms with Crippen molar-refractivity contribution in [3.8, 4) is 5.75 Å². The molecule has 0 fully saturated rings. The highest BCUT2D eigenvalue weighted by Crippen LogP contribution is 2.52. The molecular formula is C27H24Cl2FNO3. The van der Waals surface area contributed by atoms with Crippen molar-refractivity contribution >= 4 is 34.8 Å². The van der Waals surface area contributed by atoms with Gasteiger partial charge in [-0.25, -0.2) is 4.39 Å². The number of carbonyl (C=O) groups is 2. The molecule has 3 aliphatic rings. The van der Waals surface area contributed by atoms with E-state index >= 15 is 0 Å². The first-order chi connectivity index (χ1) is 16.3.